The molecule has 37 heavy (non-hydrogen) atoms. The van der Waals surface area contributed by atoms with Gasteiger partial charge in [-0.1, -0.05) is 54.6 Å². The molecule has 0 aliphatic carbocycles. The molecular weight excluding hydrogens is 467 g/mol. The van der Waals surface area contributed by atoms with E-state index >= 15 is 0 Å². The summed E-state index contributed by atoms with van der Waals surface area (Å²) in [6.45, 7) is 4.05. The predicted octanol–water partition coefficient (Wildman–Crippen LogP) is 5.67. The van der Waals surface area contributed by atoms with Crippen molar-refractivity contribution in [1.82, 2.24) is 14.8 Å². The maximum Gasteiger partial charge on any atom is 0.318 e. The highest BCUT2D eigenvalue weighted by Crippen LogP contribution is 2.42. The molecule has 2 heterocycles. The fourth-order valence-corrected chi connectivity index (χ4v) is 4.81. The molecule has 0 saturated carbocycles. The maximum absolute atomic E-state index is 14.1. The second-order valence-electron chi connectivity index (χ2n) is 9.38. The first kappa shape index (κ1) is 24.3. The maximum atomic E-state index is 14.1. The van der Waals surface area contributed by atoms with E-state index in [-0.39, 0.29) is 30.3 Å². The van der Waals surface area contributed by atoms with Crippen molar-refractivity contribution in [3.05, 3.63) is 120 Å². The number of hydrogen-bond acceptors (Lipinski definition) is 2. The van der Waals surface area contributed by atoms with Crippen LogP contribution in [0.15, 0.2) is 97.2 Å². The van der Waals surface area contributed by atoms with Crippen LogP contribution < -0.4 is 10.2 Å². The summed E-state index contributed by atoms with van der Waals surface area (Å²) in [7, 11) is 0. The van der Waals surface area contributed by atoms with Crippen molar-refractivity contribution in [2.24, 2.45) is 0 Å². The number of urea groups is 1. The van der Waals surface area contributed by atoms with E-state index in [9.17, 15) is 14.0 Å². The Balaban J connectivity index is 1.47. The second kappa shape index (κ2) is 10.3. The number of carbonyl (C=O) groups is 2. The summed E-state index contributed by atoms with van der Waals surface area (Å²) < 4.78 is 15.8. The number of halogens is 1. The van der Waals surface area contributed by atoms with Gasteiger partial charge in [0, 0.05) is 18.8 Å². The predicted molar refractivity (Wildman–Crippen MR) is 142 cm³/mol. The molecule has 1 aliphatic rings. The van der Waals surface area contributed by atoms with Gasteiger partial charge in [0.2, 0.25) is 5.91 Å². The van der Waals surface area contributed by atoms with E-state index in [2.05, 4.69) is 9.88 Å². The zero-order valence-electron chi connectivity index (χ0n) is 20.8. The summed E-state index contributed by atoms with van der Waals surface area (Å²) in [5, 5.41) is 2.94. The number of carbonyl (C=O) groups excluding carboxylic acids is 2. The van der Waals surface area contributed by atoms with Crippen LogP contribution in [0, 0.1) is 5.82 Å². The largest absolute Gasteiger partial charge is 0.334 e. The lowest BCUT2D eigenvalue weighted by Gasteiger charge is -2.40. The molecule has 3 amide bonds. The van der Waals surface area contributed by atoms with Crippen LogP contribution in [-0.4, -0.2) is 34.0 Å². The molecule has 3 aromatic carbocycles. The van der Waals surface area contributed by atoms with Gasteiger partial charge in [-0.05, 0) is 61.4 Å². The third-order valence-electron chi connectivity index (χ3n) is 6.65. The molecule has 1 aliphatic heterocycles. The van der Waals surface area contributed by atoms with E-state index in [0.29, 0.717) is 6.54 Å². The van der Waals surface area contributed by atoms with E-state index in [0.717, 1.165) is 28.2 Å². The first-order chi connectivity index (χ1) is 17.9. The van der Waals surface area contributed by atoms with E-state index in [1.54, 1.807) is 21.9 Å². The van der Waals surface area contributed by atoms with Gasteiger partial charge >= 0.3 is 6.03 Å². The van der Waals surface area contributed by atoms with Gasteiger partial charge in [0.1, 0.15) is 18.4 Å². The van der Waals surface area contributed by atoms with Crippen molar-refractivity contribution in [2.75, 3.05) is 11.4 Å². The minimum absolute atomic E-state index is 0.106. The van der Waals surface area contributed by atoms with Gasteiger partial charge in [-0.25, -0.2) is 9.18 Å². The molecule has 1 N–H and O–H groups in total. The summed E-state index contributed by atoms with van der Waals surface area (Å²) in [6.07, 6.45) is 1.96. The van der Waals surface area contributed by atoms with E-state index in [4.69, 9.17) is 0 Å². The quantitative estimate of drug-likeness (QED) is 0.374. The molecule has 0 saturated heterocycles. The van der Waals surface area contributed by atoms with Crippen molar-refractivity contribution in [1.29, 1.82) is 0 Å². The third-order valence-corrected chi connectivity index (χ3v) is 6.65. The smallest absolute Gasteiger partial charge is 0.318 e. The van der Waals surface area contributed by atoms with Gasteiger partial charge in [0.15, 0.2) is 0 Å². The van der Waals surface area contributed by atoms with Gasteiger partial charge < -0.3 is 14.8 Å². The summed E-state index contributed by atoms with van der Waals surface area (Å²) in [6, 6.07) is 26.5. The van der Waals surface area contributed by atoms with Crippen LogP contribution in [0.5, 0.6) is 0 Å². The molecule has 1 atom stereocenters. The first-order valence-electron chi connectivity index (χ1n) is 12.4. The summed E-state index contributed by atoms with van der Waals surface area (Å²) in [5.41, 5.74) is 4.27. The van der Waals surface area contributed by atoms with Gasteiger partial charge in [-0.15, -0.1) is 0 Å². The Hall–Kier alpha value is -4.39. The number of nitrogens with zero attached hydrogens (tertiary/aromatic N) is 3. The van der Waals surface area contributed by atoms with Crippen LogP contribution >= 0.6 is 0 Å². The normalized spacial score (nSPS) is 14.2. The van der Waals surface area contributed by atoms with Crippen LogP contribution in [0.4, 0.5) is 14.9 Å². The van der Waals surface area contributed by atoms with Crippen molar-refractivity contribution in [2.45, 2.75) is 32.5 Å². The molecule has 0 fully saturated rings. The molecule has 1 aromatic heterocycles. The van der Waals surface area contributed by atoms with Crippen molar-refractivity contribution in [3.63, 3.8) is 0 Å². The van der Waals surface area contributed by atoms with Crippen LogP contribution in [-0.2, 0) is 11.3 Å². The summed E-state index contributed by atoms with van der Waals surface area (Å²) in [5.74, 6) is -0.563. The highest BCUT2D eigenvalue weighted by molar-refractivity contribution is 6.00. The minimum Gasteiger partial charge on any atom is -0.334 e. The Kier molecular flexibility index (Phi) is 6.77. The number of para-hydroxylation sites is 2. The zero-order chi connectivity index (χ0) is 25.9. The highest BCUT2D eigenvalue weighted by atomic mass is 19.1. The number of fused-ring (bicyclic) bond motifs is 3. The Morgan fingerprint density at radius 3 is 2.27 bits per heavy atom. The summed E-state index contributed by atoms with van der Waals surface area (Å²) in [4.78, 5) is 30.5. The first-order valence-corrected chi connectivity index (χ1v) is 12.4. The molecule has 188 valence electrons. The van der Waals surface area contributed by atoms with E-state index in [1.165, 1.54) is 12.1 Å². The molecular formula is C30H29FN4O2. The minimum atomic E-state index is -0.473. The van der Waals surface area contributed by atoms with Gasteiger partial charge in [0.05, 0.1) is 17.1 Å². The van der Waals surface area contributed by atoms with E-state index in [1.807, 2.05) is 86.8 Å². The van der Waals surface area contributed by atoms with Crippen molar-refractivity contribution < 1.29 is 14.0 Å². The number of benzene rings is 3. The standard InChI is InChI=1S/C30H29FN4O2/c1-21(2)34(30(37)32-19-22-9-4-3-5-10-22)20-28(36)35-26-12-7-6-11-25(26)33-18-8-13-27(33)29(35)23-14-16-24(31)17-15-23/h3-18,21,29H,19-20H2,1-2H3,(H,32,37). The number of aromatic nitrogens is 1. The monoisotopic (exact) mass is 496 g/mol. The third kappa shape index (κ3) is 4.85. The van der Waals surface area contributed by atoms with Crippen LogP contribution in [0.25, 0.3) is 5.69 Å². The Labute approximate surface area is 215 Å². The fraction of sp³-hybridized carbons (Fsp3) is 0.200. The summed E-state index contributed by atoms with van der Waals surface area (Å²) >= 11 is 0. The highest BCUT2D eigenvalue weighted by Gasteiger charge is 2.37. The van der Waals surface area contributed by atoms with E-state index < -0.39 is 6.04 Å². The number of rotatable bonds is 6. The number of amides is 3. The topological polar surface area (TPSA) is 57.6 Å². The SMILES string of the molecule is CC(C)N(CC(=O)N1c2ccccc2-n2cccc2C1c1ccc(F)cc1)C(=O)NCc1ccccc1. The van der Waals surface area contributed by atoms with Crippen LogP contribution in [0.3, 0.4) is 0 Å². The zero-order valence-corrected chi connectivity index (χ0v) is 20.8. The number of nitrogens with one attached hydrogen (secondary N) is 1. The average Bonchev–Trinajstić information content (AvgIpc) is 3.40. The molecule has 0 radical (unpaired) electrons. The molecule has 1 unspecified atom stereocenters. The Bertz CT molecular complexity index is 1400. The van der Waals surface area contributed by atoms with Gasteiger partial charge in [-0.2, -0.15) is 0 Å². The second-order valence-corrected chi connectivity index (χ2v) is 9.38. The van der Waals surface area contributed by atoms with Gasteiger partial charge in [-0.3, -0.25) is 9.69 Å². The molecule has 4 aromatic rings. The Morgan fingerprint density at radius 2 is 1.57 bits per heavy atom. The lowest BCUT2D eigenvalue weighted by atomic mass is 9.97. The molecule has 6 nitrogen and oxygen atoms in total. The Morgan fingerprint density at radius 1 is 0.892 bits per heavy atom. The molecule has 7 heteroatoms. The van der Waals surface area contributed by atoms with Gasteiger partial charge in [0.25, 0.3) is 0 Å². The van der Waals surface area contributed by atoms with Crippen LogP contribution in [0.1, 0.15) is 36.7 Å². The van der Waals surface area contributed by atoms with Crippen molar-refractivity contribution in [3.8, 4) is 5.69 Å². The molecule has 5 rings (SSSR count). The molecule has 0 spiro atoms. The number of anilines is 1. The molecule has 0 bridgehead atoms. The van der Waals surface area contributed by atoms with Crippen molar-refractivity contribution >= 4 is 17.6 Å². The number of hydrogen-bond donors (Lipinski definition) is 1. The average molecular weight is 497 g/mol. The lowest BCUT2D eigenvalue weighted by molar-refractivity contribution is -0.120. The fourth-order valence-electron chi connectivity index (χ4n) is 4.81. The van der Waals surface area contributed by atoms with Crippen LogP contribution in [0.2, 0.25) is 0 Å². The lowest BCUT2D eigenvalue weighted by Crippen LogP contribution is -2.51.